The summed E-state index contributed by atoms with van der Waals surface area (Å²) in [6.45, 7) is 1.73. The molecule has 2 aromatic rings. The second-order valence-corrected chi connectivity index (χ2v) is 5.10. The highest BCUT2D eigenvalue weighted by atomic mass is 16.6. The molecule has 0 fully saturated rings. The van der Waals surface area contributed by atoms with Crippen LogP contribution >= 0.6 is 0 Å². The summed E-state index contributed by atoms with van der Waals surface area (Å²) in [5.74, 6) is 0.650. The van der Waals surface area contributed by atoms with Crippen molar-refractivity contribution < 1.29 is 19.2 Å². The highest BCUT2D eigenvalue weighted by Gasteiger charge is 2.34. The van der Waals surface area contributed by atoms with E-state index in [0.29, 0.717) is 17.2 Å². The predicted molar refractivity (Wildman–Crippen MR) is 82.7 cm³/mol. The molecule has 1 aliphatic heterocycles. The molecule has 7 nitrogen and oxygen atoms in total. The second-order valence-electron chi connectivity index (χ2n) is 5.10. The van der Waals surface area contributed by atoms with Crippen LogP contribution in [0.5, 0.6) is 11.5 Å². The van der Waals surface area contributed by atoms with Gasteiger partial charge in [-0.25, -0.2) is 0 Å². The van der Waals surface area contributed by atoms with Crippen molar-refractivity contribution in [3.8, 4) is 11.5 Å². The van der Waals surface area contributed by atoms with Crippen molar-refractivity contribution >= 4 is 17.3 Å². The average molecular weight is 314 g/mol. The standard InChI is InChI=1S/C16H14N2O5/c1-10-15(23-14-8-3-2-7-13(14)22-10)16(19)17-11-5-4-6-12(9-11)18(20)21/h2-10,15H,1H3,(H,17,19)/t10-,15-/m0/s1. The number of nitro benzene ring substituents is 1. The van der Waals surface area contributed by atoms with Crippen LogP contribution in [0, 0.1) is 10.1 Å². The molecule has 0 spiro atoms. The van der Waals surface area contributed by atoms with Crippen molar-refractivity contribution in [3.63, 3.8) is 0 Å². The summed E-state index contributed by atoms with van der Waals surface area (Å²) >= 11 is 0. The number of fused-ring (bicyclic) bond motifs is 1. The summed E-state index contributed by atoms with van der Waals surface area (Å²) in [6, 6.07) is 12.8. The summed E-state index contributed by atoms with van der Waals surface area (Å²) in [4.78, 5) is 22.6. The lowest BCUT2D eigenvalue weighted by Crippen LogP contribution is -2.46. The highest BCUT2D eigenvalue weighted by Crippen LogP contribution is 2.33. The maximum atomic E-state index is 12.4. The van der Waals surface area contributed by atoms with Crippen LogP contribution in [-0.4, -0.2) is 23.0 Å². The molecule has 0 saturated carbocycles. The largest absolute Gasteiger partial charge is 0.482 e. The molecule has 2 aromatic carbocycles. The Morgan fingerprint density at radius 3 is 2.52 bits per heavy atom. The van der Waals surface area contributed by atoms with Gasteiger partial charge in [0.2, 0.25) is 6.10 Å². The lowest BCUT2D eigenvalue weighted by Gasteiger charge is -2.30. The van der Waals surface area contributed by atoms with Crippen LogP contribution in [0.15, 0.2) is 48.5 Å². The number of carbonyl (C=O) groups excluding carboxylic acids is 1. The van der Waals surface area contributed by atoms with Gasteiger partial charge in [0.25, 0.3) is 11.6 Å². The van der Waals surface area contributed by atoms with E-state index in [2.05, 4.69) is 5.32 Å². The summed E-state index contributed by atoms with van der Waals surface area (Å²) in [7, 11) is 0. The second kappa shape index (κ2) is 5.96. The molecule has 0 radical (unpaired) electrons. The van der Waals surface area contributed by atoms with Gasteiger partial charge in [-0.1, -0.05) is 18.2 Å². The van der Waals surface area contributed by atoms with Crippen molar-refractivity contribution in [3.05, 3.63) is 58.6 Å². The molecule has 2 atom stereocenters. The Kier molecular flexibility index (Phi) is 3.84. The van der Waals surface area contributed by atoms with Crippen molar-refractivity contribution in [2.45, 2.75) is 19.1 Å². The zero-order valence-electron chi connectivity index (χ0n) is 12.3. The molecule has 0 aromatic heterocycles. The number of ether oxygens (including phenoxy) is 2. The van der Waals surface area contributed by atoms with E-state index in [4.69, 9.17) is 9.47 Å². The van der Waals surface area contributed by atoms with E-state index in [9.17, 15) is 14.9 Å². The highest BCUT2D eigenvalue weighted by molar-refractivity contribution is 5.95. The summed E-state index contributed by atoms with van der Waals surface area (Å²) in [6.07, 6.45) is -1.33. The van der Waals surface area contributed by atoms with E-state index < -0.39 is 23.0 Å². The van der Waals surface area contributed by atoms with Crippen LogP contribution in [0.2, 0.25) is 0 Å². The van der Waals surface area contributed by atoms with Crippen LogP contribution in [0.3, 0.4) is 0 Å². The first-order valence-electron chi connectivity index (χ1n) is 7.02. The quantitative estimate of drug-likeness (QED) is 0.695. The van der Waals surface area contributed by atoms with Crippen molar-refractivity contribution in [2.75, 3.05) is 5.32 Å². The number of amides is 1. The van der Waals surface area contributed by atoms with E-state index in [-0.39, 0.29) is 5.69 Å². The van der Waals surface area contributed by atoms with Crippen LogP contribution in [0.1, 0.15) is 6.92 Å². The fourth-order valence-corrected chi connectivity index (χ4v) is 2.32. The molecule has 0 unspecified atom stereocenters. The third-order valence-corrected chi connectivity index (χ3v) is 3.43. The van der Waals surface area contributed by atoms with Crippen molar-refractivity contribution in [2.24, 2.45) is 0 Å². The summed E-state index contributed by atoms with van der Waals surface area (Å²) in [5.41, 5.74) is 0.237. The van der Waals surface area contributed by atoms with Crippen LogP contribution in [0.4, 0.5) is 11.4 Å². The van der Waals surface area contributed by atoms with Gasteiger partial charge in [0.1, 0.15) is 6.10 Å². The van der Waals surface area contributed by atoms with Crippen LogP contribution < -0.4 is 14.8 Å². The number of hydrogen-bond acceptors (Lipinski definition) is 5. The van der Waals surface area contributed by atoms with Crippen molar-refractivity contribution in [1.82, 2.24) is 0 Å². The first-order valence-corrected chi connectivity index (χ1v) is 7.02. The fraction of sp³-hybridized carbons (Fsp3) is 0.188. The molecule has 23 heavy (non-hydrogen) atoms. The Hall–Kier alpha value is -3.09. The first-order chi connectivity index (χ1) is 11.0. The lowest BCUT2D eigenvalue weighted by atomic mass is 10.1. The smallest absolute Gasteiger partial charge is 0.271 e. The topological polar surface area (TPSA) is 90.7 Å². The molecule has 1 amide bonds. The van der Waals surface area contributed by atoms with Crippen molar-refractivity contribution in [1.29, 1.82) is 0 Å². The molecule has 0 bridgehead atoms. The van der Waals surface area contributed by atoms with Gasteiger partial charge in [0, 0.05) is 17.8 Å². The Labute approximate surface area is 132 Å². The zero-order chi connectivity index (χ0) is 16.4. The molecular weight excluding hydrogens is 300 g/mol. The Balaban J connectivity index is 1.76. The van der Waals surface area contributed by atoms with E-state index in [1.165, 1.54) is 18.2 Å². The van der Waals surface area contributed by atoms with Gasteiger partial charge >= 0.3 is 0 Å². The third kappa shape index (κ3) is 3.08. The van der Waals surface area contributed by atoms with Gasteiger partial charge in [-0.05, 0) is 25.1 Å². The molecular formula is C16H14N2O5. The molecule has 3 rings (SSSR count). The molecule has 1 heterocycles. The average Bonchev–Trinajstić information content (AvgIpc) is 2.54. The maximum absolute atomic E-state index is 12.4. The molecule has 118 valence electrons. The Bertz CT molecular complexity index is 762. The summed E-state index contributed by atoms with van der Waals surface area (Å²) < 4.78 is 11.4. The van der Waals surface area contributed by atoms with E-state index in [1.54, 1.807) is 31.2 Å². The third-order valence-electron chi connectivity index (χ3n) is 3.43. The monoisotopic (exact) mass is 314 g/mol. The lowest BCUT2D eigenvalue weighted by molar-refractivity contribution is -0.384. The number of rotatable bonds is 3. The Morgan fingerprint density at radius 1 is 1.13 bits per heavy atom. The first kappa shape index (κ1) is 14.8. The van der Waals surface area contributed by atoms with Gasteiger partial charge in [0.15, 0.2) is 11.5 Å². The van der Waals surface area contributed by atoms with E-state index in [1.807, 2.05) is 6.07 Å². The van der Waals surface area contributed by atoms with Gasteiger partial charge in [0.05, 0.1) is 4.92 Å². The zero-order valence-corrected chi connectivity index (χ0v) is 12.3. The normalized spacial score (nSPS) is 19.0. The number of hydrogen-bond donors (Lipinski definition) is 1. The number of anilines is 1. The summed E-state index contributed by atoms with van der Waals surface area (Å²) in [5, 5.41) is 13.4. The minimum absolute atomic E-state index is 0.0954. The minimum atomic E-state index is -0.843. The molecule has 7 heteroatoms. The maximum Gasteiger partial charge on any atom is 0.271 e. The predicted octanol–water partition coefficient (Wildman–Crippen LogP) is 2.76. The van der Waals surface area contributed by atoms with E-state index >= 15 is 0 Å². The van der Waals surface area contributed by atoms with Crippen LogP contribution in [0.25, 0.3) is 0 Å². The molecule has 1 N–H and O–H groups in total. The Morgan fingerprint density at radius 2 is 1.83 bits per heavy atom. The number of non-ortho nitro benzene ring substituents is 1. The molecule has 1 aliphatic rings. The molecule has 0 aliphatic carbocycles. The minimum Gasteiger partial charge on any atom is -0.482 e. The van der Waals surface area contributed by atoms with Gasteiger partial charge in [-0.15, -0.1) is 0 Å². The molecule has 0 saturated heterocycles. The SMILES string of the molecule is C[C@@H]1Oc2ccccc2O[C@@H]1C(=O)Nc1cccc([N+](=O)[O-])c1. The number of carbonyl (C=O) groups is 1. The number of para-hydroxylation sites is 2. The fourth-order valence-electron chi connectivity index (χ4n) is 2.32. The van der Waals surface area contributed by atoms with Crippen LogP contribution in [-0.2, 0) is 4.79 Å². The number of nitro groups is 1. The van der Waals surface area contributed by atoms with E-state index in [0.717, 1.165) is 0 Å². The number of benzene rings is 2. The number of nitrogens with zero attached hydrogens (tertiary/aromatic N) is 1. The number of nitrogens with one attached hydrogen (secondary N) is 1. The van der Waals surface area contributed by atoms with Gasteiger partial charge in [-0.3, -0.25) is 14.9 Å². The van der Waals surface area contributed by atoms with Gasteiger partial charge < -0.3 is 14.8 Å². The van der Waals surface area contributed by atoms with Gasteiger partial charge in [-0.2, -0.15) is 0 Å².